The number of hydrogen-bond acceptors (Lipinski definition) is 3. The molecule has 1 fully saturated rings. The topological polar surface area (TPSA) is 55.1 Å². The summed E-state index contributed by atoms with van der Waals surface area (Å²) in [5, 5.41) is 2.98. The zero-order valence-corrected chi connectivity index (χ0v) is 13.8. The van der Waals surface area contributed by atoms with Crippen molar-refractivity contribution in [2.45, 2.75) is 39.5 Å². The second kappa shape index (κ2) is 6.99. The van der Waals surface area contributed by atoms with Crippen LogP contribution in [0.5, 0.6) is 0 Å². The third kappa shape index (κ3) is 4.44. The molecule has 1 N–H and O–H groups in total. The Kier molecular flexibility index (Phi) is 4.79. The smallest absolute Gasteiger partial charge is 0.226 e. The second-order valence-corrected chi connectivity index (χ2v) is 6.63. The molecule has 2 aromatic rings. The Morgan fingerprint density at radius 2 is 2.09 bits per heavy atom. The number of carbonyl (C=O) groups is 1. The van der Waals surface area contributed by atoms with Crippen LogP contribution in [-0.2, 0) is 11.2 Å². The van der Waals surface area contributed by atoms with Gasteiger partial charge in [0, 0.05) is 24.9 Å². The Morgan fingerprint density at radius 3 is 2.78 bits per heavy atom. The van der Waals surface area contributed by atoms with E-state index in [-0.39, 0.29) is 5.91 Å². The predicted octanol–water partition coefficient (Wildman–Crippen LogP) is 3.74. The molecule has 0 aliphatic heterocycles. The van der Waals surface area contributed by atoms with Gasteiger partial charge in [0.05, 0.1) is 5.69 Å². The van der Waals surface area contributed by atoms with Crippen LogP contribution in [0.15, 0.2) is 34.9 Å². The van der Waals surface area contributed by atoms with Crippen LogP contribution in [0.1, 0.15) is 37.4 Å². The summed E-state index contributed by atoms with van der Waals surface area (Å²) in [6, 6.07) is 8.10. The van der Waals surface area contributed by atoms with Crippen LogP contribution in [0.25, 0.3) is 11.5 Å². The Morgan fingerprint density at radius 1 is 1.35 bits per heavy atom. The third-order valence-electron chi connectivity index (χ3n) is 4.49. The summed E-state index contributed by atoms with van der Waals surface area (Å²) in [5.41, 5.74) is 3.06. The van der Waals surface area contributed by atoms with E-state index in [1.807, 2.05) is 24.3 Å². The molecular weight excluding hydrogens is 288 g/mol. The fourth-order valence-corrected chi connectivity index (χ4v) is 2.78. The van der Waals surface area contributed by atoms with E-state index < -0.39 is 0 Å². The molecule has 1 amide bonds. The molecule has 1 atom stereocenters. The lowest BCUT2D eigenvalue weighted by atomic mass is 10.0. The molecule has 122 valence electrons. The van der Waals surface area contributed by atoms with Gasteiger partial charge in [-0.2, -0.15) is 0 Å². The molecule has 0 bridgehead atoms. The summed E-state index contributed by atoms with van der Waals surface area (Å²) in [6.07, 6.45) is 5.58. The molecule has 4 heteroatoms. The van der Waals surface area contributed by atoms with Gasteiger partial charge in [-0.1, -0.05) is 24.6 Å². The van der Waals surface area contributed by atoms with Crippen molar-refractivity contribution in [1.82, 2.24) is 10.3 Å². The van der Waals surface area contributed by atoms with E-state index in [9.17, 15) is 4.79 Å². The molecule has 4 nitrogen and oxygen atoms in total. The molecule has 1 aromatic heterocycles. The summed E-state index contributed by atoms with van der Waals surface area (Å²) in [6.45, 7) is 4.83. The SMILES string of the molecule is Cc1ccc(-c2nc(CCNC(=O)C[C@H](C)C3CC3)co2)cc1. The fraction of sp³-hybridized carbons (Fsp3) is 0.474. The molecule has 0 saturated heterocycles. The van der Waals surface area contributed by atoms with Crippen LogP contribution >= 0.6 is 0 Å². The number of aryl methyl sites for hydroxylation is 1. The summed E-state index contributed by atoms with van der Waals surface area (Å²) >= 11 is 0. The molecule has 1 aliphatic carbocycles. The molecule has 1 heterocycles. The van der Waals surface area contributed by atoms with Crippen molar-refractivity contribution < 1.29 is 9.21 Å². The molecule has 1 saturated carbocycles. The van der Waals surface area contributed by atoms with Gasteiger partial charge in [0.1, 0.15) is 6.26 Å². The van der Waals surface area contributed by atoms with Crippen molar-refractivity contribution in [2.75, 3.05) is 6.54 Å². The highest BCUT2D eigenvalue weighted by atomic mass is 16.3. The Balaban J connectivity index is 1.45. The largest absolute Gasteiger partial charge is 0.444 e. The van der Waals surface area contributed by atoms with Crippen molar-refractivity contribution in [2.24, 2.45) is 11.8 Å². The third-order valence-corrected chi connectivity index (χ3v) is 4.49. The van der Waals surface area contributed by atoms with Crippen molar-refractivity contribution in [3.8, 4) is 11.5 Å². The Hall–Kier alpha value is -2.10. The standard InChI is InChI=1S/C19H24N2O2/c1-13-3-5-16(6-4-13)19-21-17(12-23-19)9-10-20-18(22)11-14(2)15-7-8-15/h3-6,12,14-15H,7-11H2,1-2H3,(H,20,22)/t14-/m0/s1. The first-order chi connectivity index (χ1) is 11.1. The van der Waals surface area contributed by atoms with Crippen LogP contribution in [0.2, 0.25) is 0 Å². The monoisotopic (exact) mass is 312 g/mol. The first kappa shape index (κ1) is 15.8. The minimum absolute atomic E-state index is 0.145. The van der Waals surface area contributed by atoms with Crippen LogP contribution in [0, 0.1) is 18.8 Å². The number of carbonyl (C=O) groups excluding carboxylic acids is 1. The van der Waals surface area contributed by atoms with Crippen molar-refractivity contribution in [3.05, 3.63) is 41.8 Å². The zero-order chi connectivity index (χ0) is 16.2. The lowest BCUT2D eigenvalue weighted by Gasteiger charge is -2.09. The van der Waals surface area contributed by atoms with Crippen LogP contribution < -0.4 is 5.32 Å². The molecule has 0 radical (unpaired) electrons. The molecule has 23 heavy (non-hydrogen) atoms. The number of aromatic nitrogens is 1. The minimum atomic E-state index is 0.145. The van der Waals surface area contributed by atoms with Gasteiger partial charge in [-0.3, -0.25) is 4.79 Å². The van der Waals surface area contributed by atoms with Gasteiger partial charge >= 0.3 is 0 Å². The lowest BCUT2D eigenvalue weighted by Crippen LogP contribution is -2.27. The average Bonchev–Trinajstić information content (AvgIpc) is 3.28. The van der Waals surface area contributed by atoms with Gasteiger partial charge < -0.3 is 9.73 Å². The van der Waals surface area contributed by atoms with Crippen LogP contribution in [0.3, 0.4) is 0 Å². The first-order valence-corrected chi connectivity index (χ1v) is 8.40. The summed E-state index contributed by atoms with van der Waals surface area (Å²) in [5.74, 6) is 2.06. The van der Waals surface area contributed by atoms with Gasteiger partial charge in [0.15, 0.2) is 0 Å². The first-order valence-electron chi connectivity index (χ1n) is 8.40. The van der Waals surface area contributed by atoms with E-state index in [1.54, 1.807) is 6.26 Å². The van der Waals surface area contributed by atoms with E-state index in [0.717, 1.165) is 17.2 Å². The molecule has 0 spiro atoms. The summed E-state index contributed by atoms with van der Waals surface area (Å²) < 4.78 is 5.53. The van der Waals surface area contributed by atoms with E-state index in [0.29, 0.717) is 31.2 Å². The number of oxazole rings is 1. The molecule has 3 rings (SSSR count). The highest BCUT2D eigenvalue weighted by Crippen LogP contribution is 2.37. The maximum atomic E-state index is 11.9. The van der Waals surface area contributed by atoms with Gasteiger partial charge in [-0.15, -0.1) is 0 Å². The van der Waals surface area contributed by atoms with Crippen molar-refractivity contribution >= 4 is 5.91 Å². The molecule has 1 aliphatic rings. The Labute approximate surface area is 137 Å². The second-order valence-electron chi connectivity index (χ2n) is 6.63. The summed E-state index contributed by atoms with van der Waals surface area (Å²) in [4.78, 5) is 16.4. The Bertz CT molecular complexity index is 656. The molecule has 0 unspecified atom stereocenters. The quantitative estimate of drug-likeness (QED) is 0.847. The molecular formula is C19H24N2O2. The highest BCUT2D eigenvalue weighted by Gasteiger charge is 2.29. The zero-order valence-electron chi connectivity index (χ0n) is 13.8. The van der Waals surface area contributed by atoms with Gasteiger partial charge in [-0.25, -0.2) is 4.98 Å². The van der Waals surface area contributed by atoms with Gasteiger partial charge in [-0.05, 0) is 43.7 Å². The fourth-order valence-electron chi connectivity index (χ4n) is 2.78. The summed E-state index contributed by atoms with van der Waals surface area (Å²) in [7, 11) is 0. The van der Waals surface area contributed by atoms with Crippen molar-refractivity contribution in [3.63, 3.8) is 0 Å². The van der Waals surface area contributed by atoms with Crippen molar-refractivity contribution in [1.29, 1.82) is 0 Å². The van der Waals surface area contributed by atoms with E-state index >= 15 is 0 Å². The van der Waals surface area contributed by atoms with Crippen LogP contribution in [-0.4, -0.2) is 17.4 Å². The van der Waals surface area contributed by atoms with E-state index in [2.05, 4.69) is 24.1 Å². The van der Waals surface area contributed by atoms with E-state index in [1.165, 1.54) is 18.4 Å². The van der Waals surface area contributed by atoms with Gasteiger partial charge in [0.2, 0.25) is 11.8 Å². The van der Waals surface area contributed by atoms with Crippen LogP contribution in [0.4, 0.5) is 0 Å². The maximum Gasteiger partial charge on any atom is 0.226 e. The number of hydrogen-bond donors (Lipinski definition) is 1. The predicted molar refractivity (Wildman–Crippen MR) is 89.9 cm³/mol. The normalized spacial score (nSPS) is 15.4. The molecule has 1 aromatic carbocycles. The minimum Gasteiger partial charge on any atom is -0.444 e. The maximum absolute atomic E-state index is 11.9. The average molecular weight is 312 g/mol. The lowest BCUT2D eigenvalue weighted by molar-refractivity contribution is -0.122. The number of nitrogens with one attached hydrogen (secondary N) is 1. The number of amides is 1. The number of nitrogens with zero attached hydrogens (tertiary/aromatic N) is 1. The number of benzene rings is 1. The van der Waals surface area contributed by atoms with E-state index in [4.69, 9.17) is 4.42 Å². The van der Waals surface area contributed by atoms with Gasteiger partial charge in [0.25, 0.3) is 0 Å². The highest BCUT2D eigenvalue weighted by molar-refractivity contribution is 5.76. The number of rotatable bonds is 7.